The normalized spacial score (nSPS) is 10.6. The molecule has 3 rings (SSSR count). The SMILES string of the molecule is CCOc1cc(CNc2ccc(Br)cc2C)cc(Cl)c1OCC(=O)Nc1ccc(C)c(Cl)c1. The summed E-state index contributed by atoms with van der Waals surface area (Å²) in [6.45, 7) is 6.58. The molecule has 0 aliphatic carbocycles. The number of anilines is 2. The van der Waals surface area contributed by atoms with Crippen molar-refractivity contribution in [1.82, 2.24) is 0 Å². The van der Waals surface area contributed by atoms with Crippen LogP contribution in [0, 0.1) is 13.8 Å². The molecular formula is C25H25BrCl2N2O3. The molecule has 3 aromatic carbocycles. The number of benzene rings is 3. The van der Waals surface area contributed by atoms with Gasteiger partial charge in [-0.3, -0.25) is 4.79 Å². The monoisotopic (exact) mass is 550 g/mol. The molecule has 8 heteroatoms. The Bertz CT molecular complexity index is 1150. The van der Waals surface area contributed by atoms with Gasteiger partial charge in [-0.25, -0.2) is 0 Å². The lowest BCUT2D eigenvalue weighted by Crippen LogP contribution is -2.20. The highest BCUT2D eigenvalue weighted by Gasteiger charge is 2.15. The van der Waals surface area contributed by atoms with E-state index in [1.807, 2.05) is 51.1 Å². The highest BCUT2D eigenvalue weighted by atomic mass is 79.9. The summed E-state index contributed by atoms with van der Waals surface area (Å²) >= 11 is 16.1. The summed E-state index contributed by atoms with van der Waals surface area (Å²) in [6, 6.07) is 15.0. The van der Waals surface area contributed by atoms with Crippen LogP contribution in [0.4, 0.5) is 11.4 Å². The van der Waals surface area contributed by atoms with Gasteiger partial charge in [-0.05, 0) is 79.9 Å². The quantitative estimate of drug-likeness (QED) is 0.291. The van der Waals surface area contributed by atoms with Crippen LogP contribution in [0.15, 0.2) is 53.0 Å². The average molecular weight is 552 g/mol. The number of amides is 1. The standard InChI is InChI=1S/C25H25BrCl2N2O3/c1-4-32-23-11-17(13-29-22-8-6-18(26)9-16(22)3)10-21(28)25(23)33-14-24(31)30-19-7-5-15(2)20(27)12-19/h5-12,29H,4,13-14H2,1-3H3,(H,30,31). The summed E-state index contributed by atoms with van der Waals surface area (Å²) in [6.07, 6.45) is 0. The topological polar surface area (TPSA) is 59.6 Å². The van der Waals surface area contributed by atoms with E-state index in [9.17, 15) is 4.79 Å². The second kappa shape index (κ2) is 11.6. The zero-order chi connectivity index (χ0) is 24.0. The van der Waals surface area contributed by atoms with Crippen LogP contribution < -0.4 is 20.1 Å². The Labute approximate surface area is 212 Å². The molecule has 0 unspecified atom stereocenters. The van der Waals surface area contributed by atoms with E-state index >= 15 is 0 Å². The Kier molecular flexibility index (Phi) is 8.89. The van der Waals surface area contributed by atoms with Gasteiger partial charge < -0.3 is 20.1 Å². The minimum atomic E-state index is -0.329. The Balaban J connectivity index is 1.68. The van der Waals surface area contributed by atoms with E-state index in [0.29, 0.717) is 40.4 Å². The van der Waals surface area contributed by atoms with Crippen molar-refractivity contribution in [3.8, 4) is 11.5 Å². The molecule has 5 nitrogen and oxygen atoms in total. The lowest BCUT2D eigenvalue weighted by Gasteiger charge is -2.16. The summed E-state index contributed by atoms with van der Waals surface area (Å²) in [5.74, 6) is 0.490. The fourth-order valence-electron chi connectivity index (χ4n) is 3.15. The lowest BCUT2D eigenvalue weighted by atomic mass is 10.1. The molecular weight excluding hydrogens is 527 g/mol. The lowest BCUT2D eigenvalue weighted by molar-refractivity contribution is -0.118. The largest absolute Gasteiger partial charge is 0.490 e. The van der Waals surface area contributed by atoms with Crippen molar-refractivity contribution in [3.05, 3.63) is 79.7 Å². The fourth-order valence-corrected chi connectivity index (χ4v) is 4.10. The van der Waals surface area contributed by atoms with Gasteiger partial charge in [0.1, 0.15) is 0 Å². The summed E-state index contributed by atoms with van der Waals surface area (Å²) in [4.78, 5) is 12.4. The summed E-state index contributed by atoms with van der Waals surface area (Å²) in [5, 5.41) is 7.13. The Morgan fingerprint density at radius 2 is 1.76 bits per heavy atom. The van der Waals surface area contributed by atoms with Crippen molar-refractivity contribution < 1.29 is 14.3 Å². The maximum atomic E-state index is 12.4. The van der Waals surface area contributed by atoms with Crippen LogP contribution in [0.1, 0.15) is 23.6 Å². The van der Waals surface area contributed by atoms with Crippen LogP contribution in [-0.2, 0) is 11.3 Å². The number of hydrogen-bond donors (Lipinski definition) is 2. The highest BCUT2D eigenvalue weighted by Crippen LogP contribution is 2.37. The third-order valence-corrected chi connectivity index (χ3v) is 6.02. The number of hydrogen-bond acceptors (Lipinski definition) is 4. The molecule has 1 amide bonds. The second-order valence-electron chi connectivity index (χ2n) is 7.45. The van der Waals surface area contributed by atoms with Crippen LogP contribution in [0.3, 0.4) is 0 Å². The molecule has 0 aromatic heterocycles. The first-order chi connectivity index (χ1) is 15.8. The molecule has 0 saturated heterocycles. The van der Waals surface area contributed by atoms with Crippen molar-refractivity contribution in [2.24, 2.45) is 0 Å². The van der Waals surface area contributed by atoms with E-state index in [1.165, 1.54) is 0 Å². The van der Waals surface area contributed by atoms with Gasteiger partial charge in [-0.1, -0.05) is 45.2 Å². The number of ether oxygens (including phenoxy) is 2. The molecule has 3 aromatic rings. The number of carbonyl (C=O) groups excluding carboxylic acids is 1. The van der Waals surface area contributed by atoms with Crippen LogP contribution in [-0.4, -0.2) is 19.1 Å². The predicted octanol–water partition coefficient (Wildman–Crippen LogP) is 7.40. The van der Waals surface area contributed by atoms with Gasteiger partial charge in [-0.15, -0.1) is 0 Å². The molecule has 0 aliphatic heterocycles. The van der Waals surface area contributed by atoms with E-state index in [1.54, 1.807) is 18.2 Å². The van der Waals surface area contributed by atoms with Gasteiger partial charge in [-0.2, -0.15) is 0 Å². The number of halogens is 3. The number of carbonyl (C=O) groups is 1. The van der Waals surface area contributed by atoms with Crippen molar-refractivity contribution in [2.45, 2.75) is 27.3 Å². The first kappa shape index (κ1) is 25.2. The maximum Gasteiger partial charge on any atom is 0.262 e. The minimum Gasteiger partial charge on any atom is -0.490 e. The average Bonchev–Trinajstić information content (AvgIpc) is 2.75. The van der Waals surface area contributed by atoms with Crippen molar-refractivity contribution >= 4 is 56.4 Å². The number of aryl methyl sites for hydroxylation is 2. The molecule has 0 spiro atoms. The van der Waals surface area contributed by atoms with Gasteiger partial charge in [0, 0.05) is 27.4 Å². The molecule has 2 N–H and O–H groups in total. The molecule has 0 saturated carbocycles. The molecule has 0 aliphatic rings. The number of nitrogens with one attached hydrogen (secondary N) is 2. The number of rotatable bonds is 9. The first-order valence-corrected chi connectivity index (χ1v) is 12.0. The van der Waals surface area contributed by atoms with E-state index in [2.05, 4.69) is 26.6 Å². The molecule has 0 heterocycles. The van der Waals surface area contributed by atoms with Crippen molar-refractivity contribution in [3.63, 3.8) is 0 Å². The molecule has 0 radical (unpaired) electrons. The Morgan fingerprint density at radius 1 is 0.970 bits per heavy atom. The summed E-state index contributed by atoms with van der Waals surface area (Å²) in [5.41, 5.74) is 4.61. The van der Waals surface area contributed by atoms with Crippen molar-refractivity contribution in [2.75, 3.05) is 23.8 Å². The third-order valence-electron chi connectivity index (χ3n) is 4.84. The van der Waals surface area contributed by atoms with Gasteiger partial charge in [0.15, 0.2) is 18.1 Å². The van der Waals surface area contributed by atoms with E-state index in [4.69, 9.17) is 32.7 Å². The van der Waals surface area contributed by atoms with Crippen LogP contribution in [0.25, 0.3) is 0 Å². The summed E-state index contributed by atoms with van der Waals surface area (Å²) < 4.78 is 12.5. The van der Waals surface area contributed by atoms with Gasteiger partial charge >= 0.3 is 0 Å². The first-order valence-electron chi connectivity index (χ1n) is 10.4. The van der Waals surface area contributed by atoms with Crippen molar-refractivity contribution in [1.29, 1.82) is 0 Å². The van der Waals surface area contributed by atoms with Gasteiger partial charge in [0.05, 0.1) is 11.6 Å². The highest BCUT2D eigenvalue weighted by molar-refractivity contribution is 9.10. The maximum absolute atomic E-state index is 12.4. The smallest absolute Gasteiger partial charge is 0.262 e. The second-order valence-corrected chi connectivity index (χ2v) is 9.18. The van der Waals surface area contributed by atoms with Gasteiger partial charge in [0.2, 0.25) is 0 Å². The Morgan fingerprint density at radius 3 is 2.45 bits per heavy atom. The molecule has 33 heavy (non-hydrogen) atoms. The third kappa shape index (κ3) is 7.03. The fraction of sp³-hybridized carbons (Fsp3) is 0.240. The summed E-state index contributed by atoms with van der Waals surface area (Å²) in [7, 11) is 0. The van der Waals surface area contributed by atoms with E-state index in [0.717, 1.165) is 26.9 Å². The van der Waals surface area contributed by atoms with Crippen LogP contribution in [0.5, 0.6) is 11.5 Å². The molecule has 0 fully saturated rings. The molecule has 174 valence electrons. The molecule has 0 atom stereocenters. The van der Waals surface area contributed by atoms with Crippen LogP contribution >= 0.6 is 39.1 Å². The zero-order valence-corrected chi connectivity index (χ0v) is 21.7. The molecule has 0 bridgehead atoms. The van der Waals surface area contributed by atoms with Crippen LogP contribution in [0.2, 0.25) is 10.0 Å². The predicted molar refractivity (Wildman–Crippen MR) is 139 cm³/mol. The van der Waals surface area contributed by atoms with E-state index < -0.39 is 0 Å². The minimum absolute atomic E-state index is 0.221. The van der Waals surface area contributed by atoms with E-state index in [-0.39, 0.29) is 12.5 Å². The van der Waals surface area contributed by atoms with Gasteiger partial charge in [0.25, 0.3) is 5.91 Å². The Hall–Kier alpha value is -2.41. The zero-order valence-electron chi connectivity index (χ0n) is 18.6.